The van der Waals surface area contributed by atoms with E-state index in [1.54, 1.807) is 18.9 Å². The van der Waals surface area contributed by atoms with Gasteiger partial charge in [0.05, 0.1) is 24.1 Å². The maximum atomic E-state index is 14.4. The van der Waals surface area contributed by atoms with E-state index in [9.17, 15) is 4.79 Å². The van der Waals surface area contributed by atoms with E-state index < -0.39 is 0 Å². The molecule has 170 valence electrons. The number of aromatic nitrogens is 2. The Morgan fingerprint density at radius 1 is 1.12 bits per heavy atom. The Balaban J connectivity index is 1.79. The van der Waals surface area contributed by atoms with Gasteiger partial charge < -0.3 is 4.74 Å². The van der Waals surface area contributed by atoms with E-state index >= 15 is 0 Å². The zero-order valence-corrected chi connectivity index (χ0v) is 20.2. The van der Waals surface area contributed by atoms with Crippen molar-refractivity contribution in [3.05, 3.63) is 82.2 Å². The van der Waals surface area contributed by atoms with Gasteiger partial charge in [-0.1, -0.05) is 67.4 Å². The highest BCUT2D eigenvalue weighted by Gasteiger charge is 2.43. The quantitative estimate of drug-likeness (QED) is 0.254. The largest absolute Gasteiger partial charge is 0.497 e. The minimum atomic E-state index is -0.127. The molecule has 33 heavy (non-hydrogen) atoms. The molecule has 5 heteroatoms. The Bertz CT molecular complexity index is 1250. The van der Waals surface area contributed by atoms with E-state index in [2.05, 4.69) is 30.8 Å². The predicted molar refractivity (Wildman–Crippen MR) is 136 cm³/mol. The van der Waals surface area contributed by atoms with Gasteiger partial charge in [0.1, 0.15) is 5.75 Å². The highest BCUT2D eigenvalue weighted by atomic mass is 32.2. The second-order valence-corrected chi connectivity index (χ2v) is 10.3. The molecule has 2 aliphatic rings. The number of hydrogen-bond acceptors (Lipinski definition) is 4. The number of rotatable bonds is 5. The summed E-state index contributed by atoms with van der Waals surface area (Å²) in [6, 6.07) is 16.2. The fraction of sp³-hybridized carbons (Fsp3) is 0.357. The molecule has 0 aliphatic heterocycles. The molecule has 2 aliphatic carbocycles. The minimum absolute atomic E-state index is 0.0748. The molecule has 0 radical (unpaired) electrons. The number of fused-ring (bicyclic) bond motifs is 4. The molecule has 0 amide bonds. The van der Waals surface area contributed by atoms with Crippen LogP contribution < -0.4 is 10.3 Å². The van der Waals surface area contributed by atoms with E-state index in [-0.39, 0.29) is 11.0 Å². The van der Waals surface area contributed by atoms with Gasteiger partial charge in [-0.05, 0) is 56.0 Å². The molecule has 5 rings (SSSR count). The normalized spacial score (nSPS) is 16.2. The van der Waals surface area contributed by atoms with Crippen LogP contribution >= 0.6 is 11.8 Å². The van der Waals surface area contributed by atoms with Gasteiger partial charge in [-0.3, -0.25) is 9.36 Å². The topological polar surface area (TPSA) is 44.1 Å². The van der Waals surface area contributed by atoms with E-state index in [4.69, 9.17) is 9.72 Å². The lowest BCUT2D eigenvalue weighted by Gasteiger charge is -2.42. The molecule has 0 unspecified atom stereocenters. The van der Waals surface area contributed by atoms with Crippen molar-refractivity contribution in [2.45, 2.75) is 56.0 Å². The summed E-state index contributed by atoms with van der Waals surface area (Å²) in [5, 5.41) is 0.717. The Morgan fingerprint density at radius 3 is 2.55 bits per heavy atom. The van der Waals surface area contributed by atoms with Gasteiger partial charge >= 0.3 is 0 Å². The lowest BCUT2D eigenvalue weighted by atomic mass is 9.62. The molecular formula is C28H30N2O2S. The predicted octanol–water partition coefficient (Wildman–Crippen LogP) is 6.33. The molecule has 0 bridgehead atoms. The molecule has 0 N–H and O–H groups in total. The molecule has 1 saturated carbocycles. The average molecular weight is 459 g/mol. The van der Waals surface area contributed by atoms with Crippen LogP contribution in [0.1, 0.15) is 50.2 Å². The summed E-state index contributed by atoms with van der Waals surface area (Å²) in [4.78, 5) is 19.6. The molecule has 1 heterocycles. The van der Waals surface area contributed by atoms with E-state index in [1.165, 1.54) is 12.0 Å². The first-order chi connectivity index (χ1) is 16.0. The summed E-state index contributed by atoms with van der Waals surface area (Å²) in [6.07, 6.45) is 6.59. The van der Waals surface area contributed by atoms with Crippen LogP contribution in [0.25, 0.3) is 16.9 Å². The summed E-state index contributed by atoms with van der Waals surface area (Å²) < 4.78 is 7.16. The standard InChI is InChI=1S/C28H30N2O2S/c1-19(2)18-33-27-29-25-23-10-6-5-9-20(23)17-28(15-7-4-8-16-28)24(25)26(31)30(27)21-11-13-22(32-3)14-12-21/h5-6,9-14H,1,4,7-8,15-18H2,2-3H3. The fourth-order valence-corrected chi connectivity index (χ4v) is 6.28. The summed E-state index contributed by atoms with van der Waals surface area (Å²) in [5.41, 5.74) is 6.05. The van der Waals surface area contributed by atoms with Crippen molar-refractivity contribution in [1.82, 2.24) is 9.55 Å². The van der Waals surface area contributed by atoms with Gasteiger partial charge in [-0.2, -0.15) is 0 Å². The summed E-state index contributed by atoms with van der Waals surface area (Å²) >= 11 is 1.58. The molecule has 4 nitrogen and oxygen atoms in total. The Labute approximate surface area is 199 Å². The Kier molecular flexibility index (Phi) is 5.92. The van der Waals surface area contributed by atoms with Crippen molar-refractivity contribution in [2.75, 3.05) is 12.9 Å². The smallest absolute Gasteiger partial charge is 0.263 e. The van der Waals surface area contributed by atoms with Gasteiger partial charge in [0.2, 0.25) is 0 Å². The molecule has 0 saturated heterocycles. The number of thioether (sulfide) groups is 1. The van der Waals surface area contributed by atoms with Gasteiger partial charge in [0.15, 0.2) is 5.16 Å². The van der Waals surface area contributed by atoms with Crippen molar-refractivity contribution < 1.29 is 4.74 Å². The first kappa shape index (κ1) is 22.0. The Morgan fingerprint density at radius 2 is 1.85 bits per heavy atom. The highest BCUT2D eigenvalue weighted by Crippen LogP contribution is 2.49. The lowest BCUT2D eigenvalue weighted by Crippen LogP contribution is -2.42. The third kappa shape index (κ3) is 3.93. The zero-order chi connectivity index (χ0) is 23.0. The van der Waals surface area contributed by atoms with Crippen molar-refractivity contribution in [3.8, 4) is 22.7 Å². The molecule has 0 atom stereocenters. The van der Waals surface area contributed by atoms with Gasteiger partial charge in [0.25, 0.3) is 5.56 Å². The van der Waals surface area contributed by atoms with Crippen molar-refractivity contribution >= 4 is 11.8 Å². The minimum Gasteiger partial charge on any atom is -0.497 e. The third-order valence-corrected chi connectivity index (χ3v) is 8.14. The van der Waals surface area contributed by atoms with Crippen LogP contribution in [0, 0.1) is 0 Å². The molecule has 1 spiro atoms. The average Bonchev–Trinajstić information content (AvgIpc) is 2.83. The SMILES string of the molecule is C=C(C)CSc1nc2c(c(=O)n1-c1ccc(OC)cc1)C1(CCCCC1)Cc1ccccc1-2. The molecule has 1 fully saturated rings. The van der Waals surface area contributed by atoms with Crippen LogP contribution in [0.5, 0.6) is 5.75 Å². The monoisotopic (exact) mass is 458 g/mol. The Hall–Kier alpha value is -2.79. The van der Waals surface area contributed by atoms with Crippen LogP contribution in [0.2, 0.25) is 0 Å². The third-order valence-electron chi connectivity index (χ3n) is 6.97. The number of benzene rings is 2. The van der Waals surface area contributed by atoms with Gasteiger partial charge in [-0.15, -0.1) is 0 Å². The first-order valence-corrected chi connectivity index (χ1v) is 12.7. The van der Waals surface area contributed by atoms with E-state index in [0.29, 0.717) is 5.75 Å². The first-order valence-electron chi connectivity index (χ1n) is 11.7. The molecule has 3 aromatic rings. The van der Waals surface area contributed by atoms with Gasteiger partial charge in [0, 0.05) is 16.7 Å². The maximum absolute atomic E-state index is 14.4. The zero-order valence-electron chi connectivity index (χ0n) is 19.4. The van der Waals surface area contributed by atoms with Crippen LogP contribution in [0.15, 0.2) is 70.6 Å². The summed E-state index contributed by atoms with van der Waals surface area (Å²) in [5.74, 6) is 1.49. The van der Waals surface area contributed by atoms with Crippen molar-refractivity contribution in [1.29, 1.82) is 0 Å². The number of ether oxygens (including phenoxy) is 1. The van der Waals surface area contributed by atoms with Crippen molar-refractivity contribution in [2.24, 2.45) is 0 Å². The number of hydrogen-bond donors (Lipinski definition) is 0. The summed E-state index contributed by atoms with van der Waals surface area (Å²) in [6.45, 7) is 6.06. The fourth-order valence-electron chi connectivity index (χ4n) is 5.43. The number of nitrogens with zero attached hydrogens (tertiary/aromatic N) is 2. The van der Waals surface area contributed by atoms with E-state index in [0.717, 1.165) is 71.1 Å². The van der Waals surface area contributed by atoms with Crippen LogP contribution in [-0.4, -0.2) is 22.4 Å². The van der Waals surface area contributed by atoms with Crippen LogP contribution in [0.4, 0.5) is 0 Å². The molecular weight excluding hydrogens is 428 g/mol. The maximum Gasteiger partial charge on any atom is 0.263 e. The molecule has 2 aromatic carbocycles. The second kappa shape index (κ2) is 8.86. The van der Waals surface area contributed by atoms with E-state index in [1.807, 2.05) is 35.8 Å². The second-order valence-electron chi connectivity index (χ2n) is 9.38. The summed E-state index contributed by atoms with van der Waals surface area (Å²) in [7, 11) is 1.65. The number of methoxy groups -OCH3 is 1. The van der Waals surface area contributed by atoms with Crippen LogP contribution in [0.3, 0.4) is 0 Å². The highest BCUT2D eigenvalue weighted by molar-refractivity contribution is 7.99. The van der Waals surface area contributed by atoms with Crippen molar-refractivity contribution in [3.63, 3.8) is 0 Å². The lowest BCUT2D eigenvalue weighted by molar-refractivity contribution is 0.283. The molecule has 1 aromatic heterocycles. The van der Waals surface area contributed by atoms with Gasteiger partial charge in [-0.25, -0.2) is 4.98 Å². The van der Waals surface area contributed by atoms with Crippen LogP contribution in [-0.2, 0) is 11.8 Å².